The molecule has 1 aliphatic heterocycles. The maximum Gasteiger partial charge on any atom is 0.231 e. The van der Waals surface area contributed by atoms with Gasteiger partial charge in [-0.15, -0.1) is 0 Å². The minimum atomic E-state index is -0.243. The zero-order chi connectivity index (χ0) is 13.9. The molecular weight excluding hydrogens is 255 g/mol. The zero-order valence-corrected chi connectivity index (χ0v) is 11.2. The lowest BCUT2D eigenvalue weighted by molar-refractivity contribution is 0.0899. The van der Waals surface area contributed by atoms with E-state index in [0.29, 0.717) is 12.8 Å². The summed E-state index contributed by atoms with van der Waals surface area (Å²) >= 11 is 0. The van der Waals surface area contributed by atoms with Gasteiger partial charge in [-0.25, -0.2) is 4.39 Å². The van der Waals surface area contributed by atoms with Crippen LogP contribution in [-0.4, -0.2) is 17.0 Å². The van der Waals surface area contributed by atoms with Crippen molar-refractivity contribution in [2.24, 2.45) is 0 Å². The van der Waals surface area contributed by atoms with Crippen molar-refractivity contribution in [1.29, 1.82) is 0 Å². The van der Waals surface area contributed by atoms with Gasteiger partial charge in [0.2, 0.25) is 5.91 Å². The van der Waals surface area contributed by atoms with Crippen molar-refractivity contribution >= 4 is 5.91 Å². The Hall–Kier alpha value is -1.94. The van der Waals surface area contributed by atoms with Gasteiger partial charge in [0.15, 0.2) is 0 Å². The number of fused-ring (bicyclic) bond motifs is 1. The molecule has 0 saturated carbocycles. The van der Waals surface area contributed by atoms with Crippen LogP contribution in [0.25, 0.3) is 0 Å². The number of hydrogen-bond donors (Lipinski definition) is 1. The highest BCUT2D eigenvalue weighted by atomic mass is 19.1. The quantitative estimate of drug-likeness (QED) is 0.931. The second-order valence-electron chi connectivity index (χ2n) is 5.10. The lowest BCUT2D eigenvalue weighted by Crippen LogP contribution is -2.26. The molecular formula is C16H17FN2O. The van der Waals surface area contributed by atoms with Gasteiger partial charge in [-0.3, -0.25) is 9.36 Å². The van der Waals surface area contributed by atoms with Gasteiger partial charge in [0.1, 0.15) is 5.82 Å². The second-order valence-corrected chi connectivity index (χ2v) is 5.10. The third kappa shape index (κ3) is 2.65. The molecule has 0 amide bonds. The average molecular weight is 272 g/mol. The summed E-state index contributed by atoms with van der Waals surface area (Å²) < 4.78 is 14.6. The molecule has 0 aliphatic carbocycles. The highest BCUT2D eigenvalue weighted by Gasteiger charge is 2.16. The van der Waals surface area contributed by atoms with Crippen LogP contribution in [0.2, 0.25) is 0 Å². The number of benzene rings is 1. The Kier molecular flexibility index (Phi) is 3.65. The van der Waals surface area contributed by atoms with Gasteiger partial charge in [0, 0.05) is 37.8 Å². The normalized spacial score (nSPS) is 14.1. The van der Waals surface area contributed by atoms with Crippen LogP contribution in [0.15, 0.2) is 36.5 Å². The Labute approximate surface area is 117 Å². The van der Waals surface area contributed by atoms with Gasteiger partial charge in [0.05, 0.1) is 0 Å². The van der Waals surface area contributed by atoms with Gasteiger partial charge in [0.25, 0.3) is 0 Å². The topological polar surface area (TPSA) is 34.0 Å². The Morgan fingerprint density at radius 2 is 2.05 bits per heavy atom. The van der Waals surface area contributed by atoms with Crippen LogP contribution in [-0.2, 0) is 19.4 Å². The molecule has 20 heavy (non-hydrogen) atoms. The first-order chi connectivity index (χ1) is 9.74. The van der Waals surface area contributed by atoms with E-state index in [-0.39, 0.29) is 11.7 Å². The molecule has 0 spiro atoms. The van der Waals surface area contributed by atoms with Crippen molar-refractivity contribution in [3.8, 4) is 0 Å². The summed E-state index contributed by atoms with van der Waals surface area (Å²) in [6, 6.07) is 8.35. The minimum Gasteiger partial charge on any atom is -0.312 e. The number of nitrogens with zero attached hydrogens (tertiary/aromatic N) is 1. The van der Waals surface area contributed by atoms with Crippen molar-refractivity contribution < 1.29 is 9.18 Å². The number of carbonyl (C=O) groups excluding carboxylic acids is 1. The maximum atomic E-state index is 12.8. The SMILES string of the molecule is O=C(CCc1ccc(F)cc1)n1ccc2c1CCNC2. The molecule has 104 valence electrons. The molecule has 1 aromatic heterocycles. The molecule has 0 fully saturated rings. The van der Waals surface area contributed by atoms with Crippen LogP contribution in [0.5, 0.6) is 0 Å². The van der Waals surface area contributed by atoms with E-state index in [1.54, 1.807) is 16.7 Å². The number of carbonyl (C=O) groups is 1. The highest BCUT2D eigenvalue weighted by molar-refractivity contribution is 5.80. The summed E-state index contributed by atoms with van der Waals surface area (Å²) in [6.07, 6.45) is 3.85. The van der Waals surface area contributed by atoms with Crippen LogP contribution in [0, 0.1) is 5.82 Å². The molecule has 1 aliphatic rings. The van der Waals surface area contributed by atoms with Gasteiger partial charge in [-0.1, -0.05) is 12.1 Å². The second kappa shape index (κ2) is 5.59. The molecule has 4 heteroatoms. The lowest BCUT2D eigenvalue weighted by Gasteiger charge is -2.16. The number of hydrogen-bond acceptors (Lipinski definition) is 2. The fourth-order valence-corrected chi connectivity index (χ4v) is 2.63. The fraction of sp³-hybridized carbons (Fsp3) is 0.312. The summed E-state index contributed by atoms with van der Waals surface area (Å²) in [7, 11) is 0. The van der Waals surface area contributed by atoms with Crippen molar-refractivity contribution in [2.45, 2.75) is 25.8 Å². The third-order valence-electron chi connectivity index (χ3n) is 3.75. The van der Waals surface area contributed by atoms with Crippen LogP contribution in [0.4, 0.5) is 4.39 Å². The summed E-state index contributed by atoms with van der Waals surface area (Å²) in [5, 5.41) is 3.30. The van der Waals surface area contributed by atoms with E-state index in [2.05, 4.69) is 5.32 Å². The zero-order valence-electron chi connectivity index (χ0n) is 11.2. The van der Waals surface area contributed by atoms with E-state index in [9.17, 15) is 9.18 Å². The number of halogens is 1. The summed E-state index contributed by atoms with van der Waals surface area (Å²) in [5.74, 6) is -0.135. The summed E-state index contributed by atoms with van der Waals surface area (Å²) in [4.78, 5) is 12.3. The Balaban J connectivity index is 1.67. The molecule has 0 atom stereocenters. The molecule has 3 nitrogen and oxygen atoms in total. The van der Waals surface area contributed by atoms with Crippen LogP contribution in [0.3, 0.4) is 0 Å². The Morgan fingerprint density at radius 1 is 1.25 bits per heavy atom. The first kappa shape index (κ1) is 13.1. The standard InChI is InChI=1S/C16H17FN2O/c17-14-4-1-12(2-5-14)3-6-16(20)19-10-8-13-11-18-9-7-15(13)19/h1-2,4-5,8,10,18H,3,6-7,9,11H2. The minimum absolute atomic E-state index is 0.109. The van der Waals surface area contributed by atoms with E-state index in [0.717, 1.165) is 30.8 Å². The fourth-order valence-electron chi connectivity index (χ4n) is 2.63. The van der Waals surface area contributed by atoms with Crippen LogP contribution >= 0.6 is 0 Å². The number of aromatic nitrogens is 1. The smallest absolute Gasteiger partial charge is 0.231 e. The van der Waals surface area contributed by atoms with Crippen molar-refractivity contribution in [3.05, 3.63) is 59.2 Å². The van der Waals surface area contributed by atoms with Crippen molar-refractivity contribution in [1.82, 2.24) is 9.88 Å². The molecule has 2 aromatic rings. The molecule has 0 saturated heterocycles. The Morgan fingerprint density at radius 3 is 2.85 bits per heavy atom. The summed E-state index contributed by atoms with van der Waals surface area (Å²) in [6.45, 7) is 1.76. The maximum absolute atomic E-state index is 12.8. The van der Waals surface area contributed by atoms with E-state index in [4.69, 9.17) is 0 Å². The molecule has 0 radical (unpaired) electrons. The monoisotopic (exact) mass is 272 g/mol. The predicted octanol–water partition coefficient (Wildman–Crippen LogP) is 2.55. The molecule has 3 rings (SSSR count). The van der Waals surface area contributed by atoms with Gasteiger partial charge >= 0.3 is 0 Å². The third-order valence-corrected chi connectivity index (χ3v) is 3.75. The van der Waals surface area contributed by atoms with E-state index < -0.39 is 0 Å². The molecule has 1 aromatic carbocycles. The molecule has 0 bridgehead atoms. The highest BCUT2D eigenvalue weighted by Crippen LogP contribution is 2.16. The van der Waals surface area contributed by atoms with Gasteiger partial charge in [-0.05, 0) is 35.7 Å². The molecule has 2 heterocycles. The molecule has 0 unspecified atom stereocenters. The first-order valence-electron chi connectivity index (χ1n) is 6.91. The van der Waals surface area contributed by atoms with E-state index in [1.807, 2.05) is 12.3 Å². The Bertz CT molecular complexity index is 616. The van der Waals surface area contributed by atoms with Crippen LogP contribution in [0.1, 0.15) is 28.0 Å². The number of nitrogens with one attached hydrogen (secondary N) is 1. The summed E-state index contributed by atoms with van der Waals surface area (Å²) in [5.41, 5.74) is 3.33. The number of aryl methyl sites for hydroxylation is 1. The first-order valence-corrected chi connectivity index (χ1v) is 6.91. The number of rotatable bonds is 3. The predicted molar refractivity (Wildman–Crippen MR) is 75.2 cm³/mol. The van der Waals surface area contributed by atoms with Gasteiger partial charge in [-0.2, -0.15) is 0 Å². The van der Waals surface area contributed by atoms with E-state index in [1.165, 1.54) is 17.7 Å². The lowest BCUT2D eigenvalue weighted by atomic mass is 10.1. The van der Waals surface area contributed by atoms with Crippen LogP contribution < -0.4 is 5.32 Å². The van der Waals surface area contributed by atoms with Crippen molar-refractivity contribution in [2.75, 3.05) is 6.54 Å². The van der Waals surface area contributed by atoms with Crippen molar-refractivity contribution in [3.63, 3.8) is 0 Å². The largest absolute Gasteiger partial charge is 0.312 e. The van der Waals surface area contributed by atoms with Gasteiger partial charge < -0.3 is 5.32 Å². The molecule has 1 N–H and O–H groups in total. The van der Waals surface area contributed by atoms with E-state index >= 15 is 0 Å². The average Bonchev–Trinajstić information content (AvgIpc) is 2.90.